The molecule has 2 aliphatic carbocycles. The highest BCUT2D eigenvalue weighted by atomic mass is 15.1. The maximum Gasteiger partial charge on any atom is 0.0130 e. The Labute approximate surface area is 75.3 Å². The molecule has 2 heteroatoms. The van der Waals surface area contributed by atoms with Crippen LogP contribution in [-0.4, -0.2) is 37.6 Å². The SMILES string of the molecule is CN(C)C1CCC1CNC1CC1. The summed E-state index contributed by atoms with van der Waals surface area (Å²) >= 11 is 0. The van der Waals surface area contributed by atoms with E-state index in [0.29, 0.717) is 0 Å². The molecule has 0 aliphatic heterocycles. The molecule has 12 heavy (non-hydrogen) atoms. The van der Waals surface area contributed by atoms with Crippen molar-refractivity contribution in [2.75, 3.05) is 20.6 Å². The monoisotopic (exact) mass is 168 g/mol. The number of nitrogens with zero attached hydrogens (tertiary/aromatic N) is 1. The van der Waals surface area contributed by atoms with Gasteiger partial charge in [0, 0.05) is 12.1 Å². The Balaban J connectivity index is 1.66. The van der Waals surface area contributed by atoms with E-state index in [0.717, 1.165) is 18.0 Å². The normalized spacial score (nSPS) is 35.2. The smallest absolute Gasteiger partial charge is 0.0130 e. The topological polar surface area (TPSA) is 15.3 Å². The molecule has 2 nitrogen and oxygen atoms in total. The van der Waals surface area contributed by atoms with Crippen molar-refractivity contribution in [1.82, 2.24) is 10.2 Å². The summed E-state index contributed by atoms with van der Waals surface area (Å²) in [5.41, 5.74) is 0. The first-order valence-electron chi connectivity index (χ1n) is 5.17. The fraction of sp³-hybridized carbons (Fsp3) is 1.00. The Morgan fingerprint density at radius 1 is 1.17 bits per heavy atom. The van der Waals surface area contributed by atoms with Crippen molar-refractivity contribution in [3.8, 4) is 0 Å². The number of nitrogens with one attached hydrogen (secondary N) is 1. The molecule has 70 valence electrons. The highest BCUT2D eigenvalue weighted by Crippen LogP contribution is 2.31. The average Bonchev–Trinajstić information content (AvgIpc) is 2.67. The number of hydrogen-bond donors (Lipinski definition) is 1. The summed E-state index contributed by atoms with van der Waals surface area (Å²) in [7, 11) is 4.40. The quantitative estimate of drug-likeness (QED) is 0.675. The Morgan fingerprint density at radius 3 is 2.33 bits per heavy atom. The highest BCUT2D eigenvalue weighted by Gasteiger charge is 2.33. The van der Waals surface area contributed by atoms with Gasteiger partial charge in [-0.2, -0.15) is 0 Å². The van der Waals surface area contributed by atoms with Crippen LogP contribution in [0, 0.1) is 5.92 Å². The van der Waals surface area contributed by atoms with Crippen LogP contribution in [0.25, 0.3) is 0 Å². The zero-order chi connectivity index (χ0) is 8.55. The zero-order valence-corrected chi connectivity index (χ0v) is 8.21. The first-order chi connectivity index (χ1) is 5.77. The molecule has 2 atom stereocenters. The highest BCUT2D eigenvalue weighted by molar-refractivity contribution is 4.90. The molecule has 0 aromatic rings. The van der Waals surface area contributed by atoms with Gasteiger partial charge in [0.2, 0.25) is 0 Å². The van der Waals surface area contributed by atoms with Crippen LogP contribution >= 0.6 is 0 Å². The maximum absolute atomic E-state index is 3.62. The van der Waals surface area contributed by atoms with Crippen LogP contribution in [0.2, 0.25) is 0 Å². The van der Waals surface area contributed by atoms with Gasteiger partial charge in [0.15, 0.2) is 0 Å². The molecule has 2 rings (SSSR count). The lowest BCUT2D eigenvalue weighted by molar-refractivity contribution is 0.105. The van der Waals surface area contributed by atoms with Crippen molar-refractivity contribution >= 4 is 0 Å². The fourth-order valence-corrected chi connectivity index (χ4v) is 2.07. The molecule has 2 saturated carbocycles. The van der Waals surface area contributed by atoms with Crippen LogP contribution in [0.3, 0.4) is 0 Å². The van der Waals surface area contributed by atoms with E-state index < -0.39 is 0 Å². The molecule has 0 bridgehead atoms. The van der Waals surface area contributed by atoms with Crippen LogP contribution in [0.5, 0.6) is 0 Å². The van der Waals surface area contributed by atoms with Crippen molar-refractivity contribution in [3.63, 3.8) is 0 Å². The van der Waals surface area contributed by atoms with E-state index >= 15 is 0 Å². The zero-order valence-electron chi connectivity index (χ0n) is 8.21. The van der Waals surface area contributed by atoms with E-state index in [2.05, 4.69) is 24.3 Å². The van der Waals surface area contributed by atoms with Crippen LogP contribution in [0.15, 0.2) is 0 Å². The summed E-state index contributed by atoms with van der Waals surface area (Å²) < 4.78 is 0. The van der Waals surface area contributed by atoms with Crippen LogP contribution in [0.4, 0.5) is 0 Å². The van der Waals surface area contributed by atoms with Gasteiger partial charge in [-0.1, -0.05) is 0 Å². The lowest BCUT2D eigenvalue weighted by atomic mass is 9.79. The van der Waals surface area contributed by atoms with E-state index in [1.165, 1.54) is 32.2 Å². The van der Waals surface area contributed by atoms with E-state index in [4.69, 9.17) is 0 Å². The minimum absolute atomic E-state index is 0.858. The summed E-state index contributed by atoms with van der Waals surface area (Å²) in [5.74, 6) is 0.931. The summed E-state index contributed by atoms with van der Waals surface area (Å²) in [6, 6.07) is 1.74. The Bertz CT molecular complexity index is 152. The van der Waals surface area contributed by atoms with E-state index in [1.54, 1.807) is 0 Å². The molecule has 0 spiro atoms. The Kier molecular flexibility index (Phi) is 2.37. The van der Waals surface area contributed by atoms with Gasteiger partial charge in [0.25, 0.3) is 0 Å². The molecule has 1 N–H and O–H groups in total. The van der Waals surface area contributed by atoms with Crippen molar-refractivity contribution < 1.29 is 0 Å². The molecule has 2 aliphatic rings. The second kappa shape index (κ2) is 3.35. The molecule has 0 aromatic heterocycles. The molecular formula is C10H20N2. The minimum atomic E-state index is 0.858. The Hall–Kier alpha value is -0.0800. The first kappa shape index (κ1) is 8.52. The minimum Gasteiger partial charge on any atom is -0.314 e. The standard InChI is InChI=1S/C10H20N2/c1-12(2)10-6-3-8(10)7-11-9-4-5-9/h8-11H,3-7H2,1-2H3. The van der Waals surface area contributed by atoms with Gasteiger partial charge in [0.1, 0.15) is 0 Å². The van der Waals surface area contributed by atoms with Gasteiger partial charge >= 0.3 is 0 Å². The summed E-state index contributed by atoms with van der Waals surface area (Å²) in [6.07, 6.45) is 5.67. The van der Waals surface area contributed by atoms with E-state index in [1.807, 2.05) is 0 Å². The lowest BCUT2D eigenvalue weighted by Gasteiger charge is -2.41. The first-order valence-corrected chi connectivity index (χ1v) is 5.17. The molecule has 0 saturated heterocycles. The largest absolute Gasteiger partial charge is 0.314 e. The summed E-state index contributed by atoms with van der Waals surface area (Å²) in [5, 5.41) is 3.62. The van der Waals surface area contributed by atoms with Gasteiger partial charge < -0.3 is 10.2 Å². The predicted molar refractivity (Wildman–Crippen MR) is 51.2 cm³/mol. The van der Waals surface area contributed by atoms with Gasteiger partial charge in [-0.25, -0.2) is 0 Å². The maximum atomic E-state index is 3.62. The fourth-order valence-electron chi connectivity index (χ4n) is 2.07. The molecule has 2 unspecified atom stereocenters. The van der Waals surface area contributed by atoms with Crippen LogP contribution in [0.1, 0.15) is 25.7 Å². The molecular weight excluding hydrogens is 148 g/mol. The van der Waals surface area contributed by atoms with Gasteiger partial charge in [-0.3, -0.25) is 0 Å². The molecule has 0 amide bonds. The second-order valence-electron chi connectivity index (χ2n) is 4.55. The van der Waals surface area contributed by atoms with E-state index in [-0.39, 0.29) is 0 Å². The lowest BCUT2D eigenvalue weighted by Crippen LogP contribution is -2.47. The van der Waals surface area contributed by atoms with Crippen molar-refractivity contribution in [2.45, 2.75) is 37.8 Å². The number of rotatable bonds is 4. The van der Waals surface area contributed by atoms with Crippen molar-refractivity contribution in [3.05, 3.63) is 0 Å². The third-order valence-electron chi connectivity index (χ3n) is 3.29. The van der Waals surface area contributed by atoms with E-state index in [9.17, 15) is 0 Å². The summed E-state index contributed by atoms with van der Waals surface area (Å²) in [6.45, 7) is 1.26. The second-order valence-corrected chi connectivity index (χ2v) is 4.55. The number of hydrogen-bond acceptors (Lipinski definition) is 2. The molecule has 0 heterocycles. The van der Waals surface area contributed by atoms with Crippen LogP contribution < -0.4 is 5.32 Å². The van der Waals surface area contributed by atoms with Gasteiger partial charge in [-0.05, 0) is 52.2 Å². The molecule has 2 fully saturated rings. The third kappa shape index (κ3) is 1.80. The molecule has 0 aromatic carbocycles. The van der Waals surface area contributed by atoms with Crippen LogP contribution in [-0.2, 0) is 0 Å². The third-order valence-corrected chi connectivity index (χ3v) is 3.29. The van der Waals surface area contributed by atoms with Crippen molar-refractivity contribution in [2.24, 2.45) is 5.92 Å². The average molecular weight is 168 g/mol. The summed E-state index contributed by atoms with van der Waals surface area (Å²) in [4.78, 5) is 2.38. The predicted octanol–water partition coefficient (Wildman–Crippen LogP) is 1.08. The molecule has 0 radical (unpaired) electrons. The van der Waals surface area contributed by atoms with Crippen molar-refractivity contribution in [1.29, 1.82) is 0 Å². The van der Waals surface area contributed by atoms with Gasteiger partial charge in [-0.15, -0.1) is 0 Å². The Morgan fingerprint density at radius 2 is 1.92 bits per heavy atom. The van der Waals surface area contributed by atoms with Gasteiger partial charge in [0.05, 0.1) is 0 Å².